The molecule has 0 fully saturated rings. The zero-order valence-corrected chi connectivity index (χ0v) is 13.4. The molecule has 1 aromatic rings. The van der Waals surface area contributed by atoms with Crippen molar-refractivity contribution in [1.82, 2.24) is 5.32 Å². The van der Waals surface area contributed by atoms with Gasteiger partial charge in [-0.15, -0.1) is 0 Å². The van der Waals surface area contributed by atoms with Gasteiger partial charge in [0, 0.05) is 5.56 Å². The summed E-state index contributed by atoms with van der Waals surface area (Å²) in [5.74, 6) is 1.81. The van der Waals surface area contributed by atoms with Crippen LogP contribution in [0.4, 0.5) is 0 Å². The summed E-state index contributed by atoms with van der Waals surface area (Å²) in [5, 5.41) is 3.76. The first-order valence-corrected chi connectivity index (χ1v) is 8.09. The van der Waals surface area contributed by atoms with Gasteiger partial charge in [-0.25, -0.2) is 0 Å². The highest BCUT2D eigenvalue weighted by Gasteiger charge is 2.40. The van der Waals surface area contributed by atoms with Crippen LogP contribution in [0.1, 0.15) is 65.0 Å². The normalized spacial score (nSPS) is 21.3. The average Bonchev–Trinajstić information content (AvgIpc) is 2.69. The summed E-state index contributed by atoms with van der Waals surface area (Å²) in [7, 11) is 0. The second-order valence-corrected chi connectivity index (χ2v) is 6.50. The number of ether oxygens (including phenoxy) is 1. The minimum atomic E-state index is -0.160. The van der Waals surface area contributed by atoms with Crippen molar-refractivity contribution in [3.8, 4) is 5.75 Å². The Balaban J connectivity index is 2.00. The summed E-state index contributed by atoms with van der Waals surface area (Å²) < 4.78 is 6.09. The van der Waals surface area contributed by atoms with E-state index in [1.165, 1.54) is 31.2 Å². The third-order valence-corrected chi connectivity index (χ3v) is 4.45. The van der Waals surface area contributed by atoms with Crippen LogP contribution in [0, 0.1) is 5.92 Å². The summed E-state index contributed by atoms with van der Waals surface area (Å²) in [6.07, 6.45) is 5.21. The molecule has 0 saturated carbocycles. The maximum Gasteiger partial charge on any atom is 0.125 e. The Morgan fingerprint density at radius 1 is 1.25 bits per heavy atom. The molecule has 2 nitrogen and oxygen atoms in total. The lowest BCUT2D eigenvalue weighted by Crippen LogP contribution is -2.40. The van der Waals surface area contributed by atoms with Gasteiger partial charge in [0.25, 0.3) is 0 Å². The Hall–Kier alpha value is -1.02. The van der Waals surface area contributed by atoms with E-state index in [9.17, 15) is 0 Å². The van der Waals surface area contributed by atoms with Gasteiger partial charge >= 0.3 is 0 Å². The highest BCUT2D eigenvalue weighted by Crippen LogP contribution is 2.42. The molecule has 2 unspecified atom stereocenters. The molecule has 112 valence electrons. The molecular formula is C18H29NO. The quantitative estimate of drug-likeness (QED) is 0.778. The third-order valence-electron chi connectivity index (χ3n) is 4.45. The molecule has 0 aliphatic carbocycles. The lowest BCUT2D eigenvalue weighted by molar-refractivity contribution is 0.0941. The summed E-state index contributed by atoms with van der Waals surface area (Å²) in [5.41, 5.74) is 1.15. The van der Waals surface area contributed by atoms with Crippen LogP contribution >= 0.6 is 0 Å². The average molecular weight is 275 g/mol. The lowest BCUT2D eigenvalue weighted by Gasteiger charge is -2.29. The SMILES string of the molecule is CCCCC(CC)CNC1c2ccccc2OC1(C)C. The van der Waals surface area contributed by atoms with Gasteiger partial charge in [-0.2, -0.15) is 0 Å². The molecule has 0 bridgehead atoms. The Morgan fingerprint density at radius 3 is 2.70 bits per heavy atom. The van der Waals surface area contributed by atoms with E-state index < -0.39 is 0 Å². The van der Waals surface area contributed by atoms with Crippen LogP contribution in [-0.4, -0.2) is 12.1 Å². The topological polar surface area (TPSA) is 21.3 Å². The number of fused-ring (bicyclic) bond motifs is 1. The highest BCUT2D eigenvalue weighted by atomic mass is 16.5. The maximum atomic E-state index is 6.09. The predicted octanol–water partition coefficient (Wildman–Crippen LogP) is 4.70. The molecular weight excluding hydrogens is 246 g/mol. The fraction of sp³-hybridized carbons (Fsp3) is 0.667. The Kier molecular flexibility index (Phi) is 5.09. The second kappa shape index (κ2) is 6.62. The summed E-state index contributed by atoms with van der Waals surface area (Å²) in [6.45, 7) is 10.0. The number of nitrogens with one attached hydrogen (secondary N) is 1. The van der Waals surface area contributed by atoms with Crippen molar-refractivity contribution in [2.75, 3.05) is 6.54 Å². The minimum Gasteiger partial charge on any atom is -0.486 e. The van der Waals surface area contributed by atoms with Crippen molar-refractivity contribution in [3.63, 3.8) is 0 Å². The van der Waals surface area contributed by atoms with E-state index in [4.69, 9.17) is 4.74 Å². The van der Waals surface area contributed by atoms with Gasteiger partial charge in [0.15, 0.2) is 0 Å². The molecule has 1 heterocycles. The third kappa shape index (κ3) is 3.35. The zero-order chi connectivity index (χ0) is 14.6. The number of rotatable bonds is 7. The highest BCUT2D eigenvalue weighted by molar-refractivity contribution is 5.42. The second-order valence-electron chi connectivity index (χ2n) is 6.50. The molecule has 0 amide bonds. The maximum absolute atomic E-state index is 6.09. The zero-order valence-electron chi connectivity index (χ0n) is 13.4. The first kappa shape index (κ1) is 15.4. The predicted molar refractivity (Wildman–Crippen MR) is 85.2 cm³/mol. The minimum absolute atomic E-state index is 0.160. The Bertz CT molecular complexity index is 427. The van der Waals surface area contributed by atoms with Crippen LogP contribution in [-0.2, 0) is 0 Å². The first-order chi connectivity index (χ1) is 9.58. The Morgan fingerprint density at radius 2 is 2.00 bits per heavy atom. The molecule has 1 aromatic carbocycles. The molecule has 0 spiro atoms. The van der Waals surface area contributed by atoms with Crippen LogP contribution in [0.25, 0.3) is 0 Å². The van der Waals surface area contributed by atoms with Gasteiger partial charge in [0.1, 0.15) is 11.4 Å². The largest absolute Gasteiger partial charge is 0.486 e. The van der Waals surface area contributed by atoms with Gasteiger partial charge in [-0.1, -0.05) is 51.3 Å². The van der Waals surface area contributed by atoms with Gasteiger partial charge in [-0.3, -0.25) is 0 Å². The number of benzene rings is 1. The van der Waals surface area contributed by atoms with E-state index in [1.54, 1.807) is 0 Å². The van der Waals surface area contributed by atoms with Gasteiger partial charge in [0.2, 0.25) is 0 Å². The van der Waals surface area contributed by atoms with Crippen molar-refractivity contribution >= 4 is 0 Å². The van der Waals surface area contributed by atoms with Gasteiger partial charge < -0.3 is 10.1 Å². The molecule has 20 heavy (non-hydrogen) atoms. The van der Waals surface area contributed by atoms with E-state index in [0.717, 1.165) is 18.2 Å². The lowest BCUT2D eigenvalue weighted by atomic mass is 9.92. The van der Waals surface area contributed by atoms with E-state index in [1.807, 2.05) is 6.07 Å². The molecule has 0 saturated heterocycles. The van der Waals surface area contributed by atoms with Crippen LogP contribution in [0.2, 0.25) is 0 Å². The number of hydrogen-bond donors (Lipinski definition) is 1. The van der Waals surface area contributed by atoms with Crippen molar-refractivity contribution in [2.24, 2.45) is 5.92 Å². The van der Waals surface area contributed by atoms with Crippen LogP contribution in [0.5, 0.6) is 5.75 Å². The van der Waals surface area contributed by atoms with Crippen molar-refractivity contribution in [3.05, 3.63) is 29.8 Å². The summed E-state index contributed by atoms with van der Waals surface area (Å²) in [4.78, 5) is 0. The van der Waals surface area contributed by atoms with Crippen molar-refractivity contribution in [2.45, 2.75) is 65.0 Å². The molecule has 1 aliphatic heterocycles. The van der Waals surface area contributed by atoms with E-state index in [0.29, 0.717) is 6.04 Å². The summed E-state index contributed by atoms with van der Waals surface area (Å²) in [6, 6.07) is 8.72. The molecule has 1 aliphatic rings. The van der Waals surface area contributed by atoms with E-state index in [2.05, 4.69) is 51.2 Å². The van der Waals surface area contributed by atoms with Crippen molar-refractivity contribution in [1.29, 1.82) is 0 Å². The fourth-order valence-corrected chi connectivity index (χ4v) is 3.11. The van der Waals surface area contributed by atoms with E-state index in [-0.39, 0.29) is 5.60 Å². The summed E-state index contributed by atoms with van der Waals surface area (Å²) >= 11 is 0. The standard InChI is InChI=1S/C18H29NO/c1-5-7-10-14(6-2)13-19-17-15-11-8-9-12-16(15)20-18(17,3)4/h8-9,11-12,14,17,19H,5-7,10,13H2,1-4H3. The number of hydrogen-bond acceptors (Lipinski definition) is 2. The fourth-order valence-electron chi connectivity index (χ4n) is 3.11. The van der Waals surface area contributed by atoms with Crippen LogP contribution < -0.4 is 10.1 Å². The van der Waals surface area contributed by atoms with Gasteiger partial charge in [0.05, 0.1) is 6.04 Å². The molecule has 2 heteroatoms. The smallest absolute Gasteiger partial charge is 0.125 e. The molecule has 0 aromatic heterocycles. The molecule has 2 atom stereocenters. The van der Waals surface area contributed by atoms with Crippen LogP contribution in [0.15, 0.2) is 24.3 Å². The van der Waals surface area contributed by atoms with Gasteiger partial charge in [-0.05, 0) is 38.8 Å². The Labute approximate surface area is 123 Å². The first-order valence-electron chi connectivity index (χ1n) is 8.09. The molecule has 2 rings (SSSR count). The molecule has 1 N–H and O–H groups in total. The van der Waals surface area contributed by atoms with E-state index >= 15 is 0 Å². The molecule has 0 radical (unpaired) electrons. The number of unbranched alkanes of at least 4 members (excludes halogenated alkanes) is 1. The number of para-hydroxylation sites is 1. The van der Waals surface area contributed by atoms with Crippen molar-refractivity contribution < 1.29 is 4.74 Å². The van der Waals surface area contributed by atoms with Crippen LogP contribution in [0.3, 0.4) is 0 Å². The monoisotopic (exact) mass is 275 g/mol.